The van der Waals surface area contributed by atoms with Crippen LogP contribution in [0.15, 0.2) is 30.3 Å². The number of aromatic nitrogens is 2. The lowest BCUT2D eigenvalue weighted by Crippen LogP contribution is -2.64. The molecule has 2 aromatic rings. The molecule has 1 amide bonds. The molecule has 5 rings (SSSR count). The lowest BCUT2D eigenvalue weighted by atomic mass is 9.71. The third-order valence-electron chi connectivity index (χ3n) is 7.32. The normalized spacial score (nSPS) is 28.8. The number of benzene rings is 1. The van der Waals surface area contributed by atoms with E-state index < -0.39 is 0 Å². The van der Waals surface area contributed by atoms with Crippen molar-refractivity contribution in [1.82, 2.24) is 20.0 Å². The van der Waals surface area contributed by atoms with Gasteiger partial charge in [-0.15, -0.1) is 0 Å². The number of anilines is 1. The second-order valence-electron chi connectivity index (χ2n) is 9.10. The van der Waals surface area contributed by atoms with Crippen molar-refractivity contribution in [3.63, 3.8) is 0 Å². The van der Waals surface area contributed by atoms with Crippen LogP contribution in [0.25, 0.3) is 0 Å². The summed E-state index contributed by atoms with van der Waals surface area (Å²) in [6.45, 7) is 2.81. The van der Waals surface area contributed by atoms with Gasteiger partial charge in [0.05, 0.1) is 7.11 Å². The minimum atomic E-state index is 0.0262. The molecule has 0 unspecified atom stereocenters. The van der Waals surface area contributed by atoms with E-state index in [4.69, 9.17) is 10.5 Å². The summed E-state index contributed by atoms with van der Waals surface area (Å²) in [6, 6.07) is 11.1. The number of nitrogen functional groups attached to an aromatic ring is 1. The fourth-order valence-corrected chi connectivity index (χ4v) is 6.01. The summed E-state index contributed by atoms with van der Waals surface area (Å²) in [7, 11) is 1.72. The molecule has 3 aliphatic rings. The predicted octanol–water partition coefficient (Wildman–Crippen LogP) is 2.56. The average molecular weight is 410 g/mol. The molecule has 0 saturated carbocycles. The molecule has 1 aromatic carbocycles. The van der Waals surface area contributed by atoms with Gasteiger partial charge in [0.15, 0.2) is 0 Å². The lowest BCUT2D eigenvalue weighted by Gasteiger charge is -2.57. The topological polar surface area (TPSA) is 87.5 Å². The van der Waals surface area contributed by atoms with E-state index in [1.807, 2.05) is 11.0 Å². The van der Waals surface area contributed by atoms with Crippen LogP contribution in [0.5, 0.6) is 5.75 Å². The zero-order chi connectivity index (χ0) is 20.7. The minimum Gasteiger partial charge on any atom is -0.497 e. The summed E-state index contributed by atoms with van der Waals surface area (Å²) in [6.07, 6.45) is 6.03. The van der Waals surface area contributed by atoms with E-state index in [0.29, 0.717) is 35.4 Å². The van der Waals surface area contributed by atoms with E-state index >= 15 is 0 Å². The zero-order valence-corrected chi connectivity index (χ0v) is 17.6. The number of carbonyl (C=O) groups excluding carboxylic acids is 1. The first-order chi connectivity index (χ1) is 14.6. The second kappa shape index (κ2) is 7.95. The Labute approximate surface area is 177 Å². The summed E-state index contributed by atoms with van der Waals surface area (Å²) in [5.74, 6) is 2.33. The summed E-state index contributed by atoms with van der Waals surface area (Å²) < 4.78 is 5.45. The van der Waals surface area contributed by atoms with Gasteiger partial charge in [-0.3, -0.25) is 14.8 Å². The van der Waals surface area contributed by atoms with Gasteiger partial charge < -0.3 is 15.4 Å². The van der Waals surface area contributed by atoms with Crippen LogP contribution in [0, 0.1) is 11.8 Å². The number of fused-ring (bicyclic) bond motifs is 4. The first-order valence-corrected chi connectivity index (χ1v) is 11.1. The van der Waals surface area contributed by atoms with E-state index in [0.717, 1.165) is 25.3 Å². The number of amides is 1. The van der Waals surface area contributed by atoms with Gasteiger partial charge in [-0.05, 0) is 61.8 Å². The SMILES string of the molecule is COc1cccc(C[C@H]2[C@H]3C[C@H](CN(C(=O)c4cc(N)n[nH]4)C3)[C@@H]3CCCCN32)c1. The number of nitrogens with one attached hydrogen (secondary N) is 1. The van der Waals surface area contributed by atoms with Gasteiger partial charge in [0.25, 0.3) is 5.91 Å². The Morgan fingerprint density at radius 2 is 2.13 bits per heavy atom. The highest BCUT2D eigenvalue weighted by molar-refractivity contribution is 5.93. The number of nitrogens with zero attached hydrogens (tertiary/aromatic N) is 3. The van der Waals surface area contributed by atoms with Gasteiger partial charge in [0, 0.05) is 31.2 Å². The van der Waals surface area contributed by atoms with Gasteiger partial charge in [-0.2, -0.15) is 5.10 Å². The zero-order valence-electron chi connectivity index (χ0n) is 17.6. The number of ether oxygens (including phenoxy) is 1. The fourth-order valence-electron chi connectivity index (χ4n) is 6.01. The van der Waals surface area contributed by atoms with Crippen molar-refractivity contribution in [3.05, 3.63) is 41.6 Å². The van der Waals surface area contributed by atoms with E-state index in [2.05, 4.69) is 33.3 Å². The first-order valence-electron chi connectivity index (χ1n) is 11.1. The Hall–Kier alpha value is -2.54. The molecule has 4 atom stereocenters. The average Bonchev–Trinajstić information content (AvgIpc) is 3.22. The highest BCUT2D eigenvalue weighted by Crippen LogP contribution is 2.42. The molecule has 3 fully saturated rings. The maximum absolute atomic E-state index is 13.1. The van der Waals surface area contributed by atoms with Crippen LogP contribution in [0.2, 0.25) is 0 Å². The van der Waals surface area contributed by atoms with Crippen molar-refractivity contribution in [2.24, 2.45) is 11.8 Å². The maximum Gasteiger partial charge on any atom is 0.271 e. The number of hydrogen-bond donors (Lipinski definition) is 2. The summed E-state index contributed by atoms with van der Waals surface area (Å²) in [5, 5.41) is 6.74. The van der Waals surface area contributed by atoms with Crippen LogP contribution in [-0.4, -0.2) is 64.7 Å². The van der Waals surface area contributed by atoms with Crippen LogP contribution in [-0.2, 0) is 6.42 Å². The molecule has 4 heterocycles. The third kappa shape index (κ3) is 3.55. The number of methoxy groups -OCH3 is 1. The van der Waals surface area contributed by atoms with Crippen molar-refractivity contribution in [2.45, 2.75) is 44.2 Å². The van der Waals surface area contributed by atoms with Gasteiger partial charge in [-0.25, -0.2) is 0 Å². The standard InChI is InChI=1S/C23H31N5O2/c1-30-18-6-4-5-15(9-18)10-21-17-11-16(20-7-2-3-8-28(20)21)13-27(14-17)23(29)19-12-22(24)26-25-19/h4-6,9,12,16-17,20-21H,2-3,7-8,10-11,13-14H2,1H3,(H3,24,25,26)/t16-,17+,20+,21+/m1/s1. The molecule has 3 N–H and O–H groups in total. The number of rotatable bonds is 4. The monoisotopic (exact) mass is 409 g/mol. The summed E-state index contributed by atoms with van der Waals surface area (Å²) >= 11 is 0. The molecule has 7 heteroatoms. The Morgan fingerprint density at radius 1 is 1.27 bits per heavy atom. The Balaban J connectivity index is 1.41. The number of piperidine rings is 3. The Kier molecular flexibility index (Phi) is 5.15. The largest absolute Gasteiger partial charge is 0.497 e. The molecule has 160 valence electrons. The van der Waals surface area contributed by atoms with Crippen molar-refractivity contribution in [2.75, 3.05) is 32.5 Å². The smallest absolute Gasteiger partial charge is 0.271 e. The van der Waals surface area contributed by atoms with E-state index in [9.17, 15) is 4.79 Å². The van der Waals surface area contributed by atoms with Gasteiger partial charge in [0.2, 0.25) is 0 Å². The van der Waals surface area contributed by atoms with Crippen molar-refractivity contribution in [1.29, 1.82) is 0 Å². The summed E-state index contributed by atoms with van der Waals surface area (Å²) in [5.41, 5.74) is 7.54. The number of likely N-dealkylation sites (tertiary alicyclic amines) is 1. The minimum absolute atomic E-state index is 0.0262. The molecule has 0 aliphatic carbocycles. The number of nitrogens with two attached hydrogens (primary N) is 1. The molecule has 30 heavy (non-hydrogen) atoms. The van der Waals surface area contributed by atoms with Gasteiger partial charge in [-0.1, -0.05) is 18.6 Å². The molecule has 3 saturated heterocycles. The van der Waals surface area contributed by atoms with E-state index in [1.165, 1.54) is 37.8 Å². The van der Waals surface area contributed by atoms with E-state index in [-0.39, 0.29) is 5.91 Å². The molecule has 2 bridgehead atoms. The Bertz CT molecular complexity index is 913. The van der Waals surface area contributed by atoms with Crippen LogP contribution < -0.4 is 10.5 Å². The quantitative estimate of drug-likeness (QED) is 0.810. The van der Waals surface area contributed by atoms with Crippen molar-refractivity contribution in [3.8, 4) is 5.75 Å². The third-order valence-corrected chi connectivity index (χ3v) is 7.32. The van der Waals surface area contributed by atoms with Crippen LogP contribution in [0.1, 0.15) is 41.7 Å². The summed E-state index contributed by atoms with van der Waals surface area (Å²) in [4.78, 5) is 17.9. The molecule has 1 aromatic heterocycles. The Morgan fingerprint density at radius 3 is 2.93 bits per heavy atom. The van der Waals surface area contributed by atoms with Crippen LogP contribution >= 0.6 is 0 Å². The lowest BCUT2D eigenvalue weighted by molar-refractivity contribution is -0.0643. The molecular formula is C23H31N5O2. The predicted molar refractivity (Wildman–Crippen MR) is 115 cm³/mol. The van der Waals surface area contributed by atoms with E-state index in [1.54, 1.807) is 13.2 Å². The highest BCUT2D eigenvalue weighted by atomic mass is 16.5. The second-order valence-corrected chi connectivity index (χ2v) is 9.10. The van der Waals surface area contributed by atoms with Gasteiger partial charge >= 0.3 is 0 Å². The molecule has 0 spiro atoms. The number of H-pyrrole nitrogens is 1. The van der Waals surface area contributed by atoms with Crippen LogP contribution in [0.3, 0.4) is 0 Å². The molecular weight excluding hydrogens is 378 g/mol. The number of hydrogen-bond acceptors (Lipinski definition) is 5. The maximum atomic E-state index is 13.1. The number of aromatic amines is 1. The van der Waals surface area contributed by atoms with Crippen molar-refractivity contribution >= 4 is 11.7 Å². The molecule has 0 radical (unpaired) electrons. The molecule has 7 nitrogen and oxygen atoms in total. The number of carbonyl (C=O) groups is 1. The highest BCUT2D eigenvalue weighted by Gasteiger charge is 2.47. The van der Waals surface area contributed by atoms with Gasteiger partial charge in [0.1, 0.15) is 17.3 Å². The van der Waals surface area contributed by atoms with Crippen LogP contribution in [0.4, 0.5) is 5.82 Å². The first kappa shape index (κ1) is 19.4. The fraction of sp³-hybridized carbons (Fsp3) is 0.565. The van der Waals surface area contributed by atoms with Crippen molar-refractivity contribution < 1.29 is 9.53 Å². The molecule has 3 aliphatic heterocycles.